The van der Waals surface area contributed by atoms with Crippen molar-refractivity contribution in [2.45, 2.75) is 25.2 Å². The predicted molar refractivity (Wildman–Crippen MR) is 104 cm³/mol. The quantitative estimate of drug-likeness (QED) is 0.585. The summed E-state index contributed by atoms with van der Waals surface area (Å²) in [6, 6.07) is 11.1. The third kappa shape index (κ3) is 4.79. The van der Waals surface area contributed by atoms with Gasteiger partial charge in [-0.25, -0.2) is 4.79 Å². The number of carbonyl (C=O) groups is 2. The molecule has 0 saturated heterocycles. The second-order valence-corrected chi connectivity index (χ2v) is 6.53. The minimum absolute atomic E-state index is 0.295. The summed E-state index contributed by atoms with van der Waals surface area (Å²) in [5, 5.41) is 2.83. The Balaban J connectivity index is 2.03. The van der Waals surface area contributed by atoms with Crippen LogP contribution in [0.15, 0.2) is 41.3 Å². The van der Waals surface area contributed by atoms with Crippen LogP contribution in [0, 0.1) is 6.92 Å². The number of ether oxygens (including phenoxy) is 2. The zero-order valence-electron chi connectivity index (χ0n) is 15.4. The molecule has 1 amide bonds. The molecular formula is C20H23NO4S. The van der Waals surface area contributed by atoms with E-state index >= 15 is 0 Å². The minimum Gasteiger partial charge on any atom is -0.496 e. The van der Waals surface area contributed by atoms with E-state index in [1.54, 1.807) is 23.9 Å². The number of thioether (sulfide) groups is 1. The summed E-state index contributed by atoms with van der Waals surface area (Å²) in [5.74, 6) is -0.540. The van der Waals surface area contributed by atoms with Crippen molar-refractivity contribution in [2.75, 3.05) is 25.3 Å². The number of benzene rings is 2. The molecule has 0 bridgehead atoms. The number of hydrogen-bond acceptors (Lipinski definition) is 5. The molecule has 0 unspecified atom stereocenters. The average Bonchev–Trinajstić information content (AvgIpc) is 2.67. The number of amides is 1. The fourth-order valence-electron chi connectivity index (χ4n) is 2.55. The molecule has 0 aliphatic carbocycles. The van der Waals surface area contributed by atoms with Crippen molar-refractivity contribution in [1.29, 1.82) is 0 Å². The first-order chi connectivity index (χ1) is 12.5. The highest BCUT2D eigenvalue weighted by molar-refractivity contribution is 7.98. The number of anilines is 1. The Kier molecular flexibility index (Phi) is 7.09. The zero-order valence-corrected chi connectivity index (χ0v) is 16.2. The van der Waals surface area contributed by atoms with Gasteiger partial charge in [-0.1, -0.05) is 25.1 Å². The lowest BCUT2D eigenvalue weighted by Gasteiger charge is -2.13. The Morgan fingerprint density at radius 3 is 2.62 bits per heavy atom. The fourth-order valence-corrected chi connectivity index (χ4v) is 2.98. The Labute approximate surface area is 158 Å². The summed E-state index contributed by atoms with van der Waals surface area (Å²) < 4.78 is 10.4. The third-order valence-electron chi connectivity index (χ3n) is 3.97. The van der Waals surface area contributed by atoms with Gasteiger partial charge in [-0.2, -0.15) is 0 Å². The van der Waals surface area contributed by atoms with Crippen LogP contribution in [0.25, 0.3) is 0 Å². The maximum Gasteiger partial charge on any atom is 0.342 e. The highest BCUT2D eigenvalue weighted by atomic mass is 32.2. The van der Waals surface area contributed by atoms with Crippen LogP contribution in [0.5, 0.6) is 5.75 Å². The van der Waals surface area contributed by atoms with Crippen molar-refractivity contribution in [1.82, 2.24) is 0 Å². The second kappa shape index (κ2) is 9.29. The maximum atomic E-state index is 12.3. The normalized spacial score (nSPS) is 10.3. The molecule has 0 aliphatic rings. The van der Waals surface area contributed by atoms with E-state index in [-0.39, 0.29) is 12.5 Å². The van der Waals surface area contributed by atoms with Crippen LogP contribution >= 0.6 is 11.8 Å². The van der Waals surface area contributed by atoms with Gasteiger partial charge in [-0.05, 0) is 48.9 Å². The lowest BCUT2D eigenvalue weighted by atomic mass is 10.1. The van der Waals surface area contributed by atoms with Gasteiger partial charge in [-0.15, -0.1) is 11.8 Å². The van der Waals surface area contributed by atoms with Crippen LogP contribution in [-0.2, 0) is 16.0 Å². The van der Waals surface area contributed by atoms with Gasteiger partial charge in [0, 0.05) is 10.6 Å². The number of esters is 1. The lowest BCUT2D eigenvalue weighted by Crippen LogP contribution is -2.22. The molecule has 0 aliphatic heterocycles. The van der Waals surface area contributed by atoms with Crippen molar-refractivity contribution in [3.63, 3.8) is 0 Å². The van der Waals surface area contributed by atoms with Gasteiger partial charge in [0.25, 0.3) is 5.91 Å². The largest absolute Gasteiger partial charge is 0.496 e. The van der Waals surface area contributed by atoms with Crippen LogP contribution < -0.4 is 10.1 Å². The van der Waals surface area contributed by atoms with E-state index < -0.39 is 5.97 Å². The van der Waals surface area contributed by atoms with E-state index in [0.717, 1.165) is 28.1 Å². The van der Waals surface area contributed by atoms with Crippen molar-refractivity contribution in [3.05, 3.63) is 53.1 Å². The SMILES string of the molecule is CCc1cccc(C)c1NC(=O)COC(=O)c1ccc(SC)cc1OC. The molecule has 6 heteroatoms. The standard InChI is InChI=1S/C20H23NO4S/c1-5-14-8-6-7-13(2)19(14)21-18(22)12-25-20(23)16-10-9-15(26-4)11-17(16)24-3/h6-11H,5,12H2,1-4H3,(H,21,22). The monoisotopic (exact) mass is 373 g/mol. The Hall–Kier alpha value is -2.47. The maximum absolute atomic E-state index is 12.3. The molecule has 0 fully saturated rings. The van der Waals surface area contributed by atoms with Gasteiger partial charge in [-0.3, -0.25) is 4.79 Å². The molecule has 0 atom stereocenters. The lowest BCUT2D eigenvalue weighted by molar-refractivity contribution is -0.119. The van der Waals surface area contributed by atoms with Gasteiger partial charge in [0.05, 0.1) is 7.11 Å². The van der Waals surface area contributed by atoms with Gasteiger partial charge < -0.3 is 14.8 Å². The Morgan fingerprint density at radius 1 is 1.19 bits per heavy atom. The summed E-state index contributed by atoms with van der Waals surface area (Å²) in [6.07, 6.45) is 2.74. The van der Waals surface area contributed by atoms with E-state index in [9.17, 15) is 9.59 Å². The number of aryl methyl sites for hydroxylation is 2. The van der Waals surface area contributed by atoms with Crippen molar-refractivity contribution < 1.29 is 19.1 Å². The van der Waals surface area contributed by atoms with Crippen LogP contribution in [0.2, 0.25) is 0 Å². The average molecular weight is 373 g/mol. The summed E-state index contributed by atoms with van der Waals surface area (Å²) >= 11 is 1.55. The van der Waals surface area contributed by atoms with E-state index in [2.05, 4.69) is 5.32 Å². The number of carbonyl (C=O) groups excluding carboxylic acids is 2. The molecular weight excluding hydrogens is 350 g/mol. The third-order valence-corrected chi connectivity index (χ3v) is 4.69. The minimum atomic E-state index is -0.592. The first-order valence-corrected chi connectivity index (χ1v) is 9.50. The molecule has 0 saturated carbocycles. The molecule has 0 radical (unpaired) electrons. The summed E-state index contributed by atoms with van der Waals surface area (Å²) in [7, 11) is 1.49. The van der Waals surface area contributed by atoms with Crippen LogP contribution in [0.4, 0.5) is 5.69 Å². The van der Waals surface area contributed by atoms with E-state index in [4.69, 9.17) is 9.47 Å². The van der Waals surface area contributed by atoms with Gasteiger partial charge >= 0.3 is 5.97 Å². The second-order valence-electron chi connectivity index (χ2n) is 5.65. The highest BCUT2D eigenvalue weighted by Crippen LogP contribution is 2.26. The zero-order chi connectivity index (χ0) is 19.1. The van der Waals surface area contributed by atoms with Crippen molar-refractivity contribution in [3.8, 4) is 5.75 Å². The molecule has 0 spiro atoms. The Morgan fingerprint density at radius 2 is 1.96 bits per heavy atom. The number of rotatable bonds is 7. The first-order valence-electron chi connectivity index (χ1n) is 8.27. The Bertz CT molecular complexity index is 804. The molecule has 0 heterocycles. The van der Waals surface area contributed by atoms with E-state index in [1.807, 2.05) is 44.4 Å². The number of hydrogen-bond donors (Lipinski definition) is 1. The fraction of sp³-hybridized carbons (Fsp3) is 0.300. The van der Waals surface area contributed by atoms with E-state index in [1.165, 1.54) is 7.11 Å². The summed E-state index contributed by atoms with van der Waals surface area (Å²) in [5.41, 5.74) is 3.08. The summed E-state index contributed by atoms with van der Waals surface area (Å²) in [4.78, 5) is 25.5. The number of methoxy groups -OCH3 is 1. The highest BCUT2D eigenvalue weighted by Gasteiger charge is 2.16. The van der Waals surface area contributed by atoms with Crippen molar-refractivity contribution >= 4 is 29.3 Å². The van der Waals surface area contributed by atoms with Crippen LogP contribution in [0.3, 0.4) is 0 Å². The van der Waals surface area contributed by atoms with Crippen LogP contribution in [-0.4, -0.2) is 31.8 Å². The van der Waals surface area contributed by atoms with Gasteiger partial charge in [0.2, 0.25) is 0 Å². The molecule has 2 aromatic rings. The smallest absolute Gasteiger partial charge is 0.342 e. The van der Waals surface area contributed by atoms with Crippen LogP contribution in [0.1, 0.15) is 28.4 Å². The molecule has 26 heavy (non-hydrogen) atoms. The number of para-hydroxylation sites is 1. The molecule has 0 aromatic heterocycles. The van der Waals surface area contributed by atoms with Crippen molar-refractivity contribution in [2.24, 2.45) is 0 Å². The number of nitrogens with one attached hydrogen (secondary N) is 1. The molecule has 2 aromatic carbocycles. The molecule has 2 rings (SSSR count). The first kappa shape index (κ1) is 19.8. The molecule has 1 N–H and O–H groups in total. The molecule has 138 valence electrons. The molecule has 5 nitrogen and oxygen atoms in total. The van der Waals surface area contributed by atoms with Gasteiger partial charge in [0.1, 0.15) is 11.3 Å². The van der Waals surface area contributed by atoms with Gasteiger partial charge in [0.15, 0.2) is 6.61 Å². The van der Waals surface area contributed by atoms with E-state index in [0.29, 0.717) is 11.3 Å². The topological polar surface area (TPSA) is 64.6 Å². The summed E-state index contributed by atoms with van der Waals surface area (Å²) in [6.45, 7) is 3.59. The predicted octanol–water partition coefficient (Wildman–Crippen LogP) is 4.08.